The third-order valence-corrected chi connectivity index (χ3v) is 11.6. The second-order valence-electron chi connectivity index (χ2n) is 12.9. The number of rotatable bonds is 17. The van der Waals surface area contributed by atoms with Gasteiger partial charge in [-0.05, 0) is 82.9 Å². The van der Waals surface area contributed by atoms with Crippen LogP contribution < -0.4 is 15.4 Å². The van der Waals surface area contributed by atoms with E-state index in [1.165, 1.54) is 17.4 Å². The molecule has 2 fully saturated rings. The Hall–Kier alpha value is -4.04. The van der Waals surface area contributed by atoms with Crippen molar-refractivity contribution in [1.29, 1.82) is 0 Å². The van der Waals surface area contributed by atoms with Gasteiger partial charge in [0.1, 0.15) is 11.1 Å². The summed E-state index contributed by atoms with van der Waals surface area (Å²) in [6, 6.07) is 5.02. The highest BCUT2D eigenvalue weighted by Gasteiger charge is 2.45. The van der Waals surface area contributed by atoms with E-state index in [-0.39, 0.29) is 33.0 Å². The zero-order valence-corrected chi connectivity index (χ0v) is 30.0. The molecule has 0 spiro atoms. The van der Waals surface area contributed by atoms with Gasteiger partial charge in [0.25, 0.3) is 0 Å². The lowest BCUT2D eigenvalue weighted by molar-refractivity contribution is -0.140. The molecule has 1 aromatic carbocycles. The number of unbranched alkanes of at least 4 members (excludes halogenated alkanes) is 2. The van der Waals surface area contributed by atoms with E-state index in [2.05, 4.69) is 33.5 Å². The van der Waals surface area contributed by atoms with Gasteiger partial charge in [0, 0.05) is 44.1 Å². The third-order valence-electron chi connectivity index (χ3n) is 8.75. The van der Waals surface area contributed by atoms with Gasteiger partial charge < -0.3 is 15.0 Å². The topological polar surface area (TPSA) is 164 Å². The van der Waals surface area contributed by atoms with Crippen LogP contribution in [0.15, 0.2) is 48.9 Å². The van der Waals surface area contributed by atoms with Gasteiger partial charge in [-0.25, -0.2) is 18.2 Å². The number of benzene rings is 1. The molecular weight excluding hydrogens is 667 g/mol. The first-order chi connectivity index (χ1) is 23.3. The van der Waals surface area contributed by atoms with Gasteiger partial charge >= 0.3 is 6.09 Å². The Morgan fingerprint density at radius 1 is 1.14 bits per heavy atom. The normalized spacial score (nSPS) is 19.4. The van der Waals surface area contributed by atoms with Gasteiger partial charge in [-0.15, -0.1) is 24.5 Å². The fourth-order valence-corrected chi connectivity index (χ4v) is 8.07. The van der Waals surface area contributed by atoms with E-state index in [1.54, 1.807) is 11.9 Å². The monoisotopic (exact) mass is 715 g/mol. The van der Waals surface area contributed by atoms with Gasteiger partial charge in [0.2, 0.25) is 27.7 Å². The summed E-state index contributed by atoms with van der Waals surface area (Å²) in [5.41, 5.74) is 3.10. The van der Waals surface area contributed by atoms with Crippen molar-refractivity contribution in [3.63, 3.8) is 0 Å². The fraction of sp³-hybridized carbons (Fsp3) is 0.514. The molecule has 4 amide bonds. The molecule has 49 heavy (non-hydrogen) atoms. The molecule has 2 aromatic rings. The van der Waals surface area contributed by atoms with Crippen molar-refractivity contribution in [2.75, 3.05) is 18.9 Å². The van der Waals surface area contributed by atoms with Gasteiger partial charge in [0.05, 0.1) is 22.8 Å². The first kappa shape index (κ1) is 37.8. The first-order valence-electron chi connectivity index (χ1n) is 16.6. The number of thiazole rings is 1. The van der Waals surface area contributed by atoms with Crippen LogP contribution in [0.2, 0.25) is 0 Å². The molecule has 2 aliphatic carbocycles. The molecule has 3 N–H and O–H groups in total. The molecule has 0 radical (unpaired) electrons. The summed E-state index contributed by atoms with van der Waals surface area (Å²) in [5, 5.41) is 7.86. The standard InChI is InChI=1S/C35H47N5O7S2.H2/c1-6-8-9-10-17-40(5)34(43)29-20-25(47-35(44)38-30-18-22(3)11-15-27(30)33-36-23(4)21-48-33)19-28(29)32(42)37-24(7-2)12-16-31(41)39-49(45,46)26-13-14-26;/h6-7,11,15,18,21,24-26,28-29H,1-2,8-10,12-14,16-17,19-20H2,3-5H3,(H,37,42)(H,38,44)(H,39,41);1H/t24?,25-,28-,29-;/m1./s1. The van der Waals surface area contributed by atoms with Gasteiger partial charge in [-0.2, -0.15) is 0 Å². The number of nitrogens with zero attached hydrogens (tertiary/aromatic N) is 2. The molecule has 1 heterocycles. The minimum atomic E-state index is -3.68. The second-order valence-corrected chi connectivity index (χ2v) is 15.7. The minimum absolute atomic E-state index is 0. The predicted molar refractivity (Wildman–Crippen MR) is 192 cm³/mol. The van der Waals surface area contributed by atoms with E-state index in [4.69, 9.17) is 4.74 Å². The number of sulfonamides is 1. The van der Waals surface area contributed by atoms with E-state index < -0.39 is 57.2 Å². The van der Waals surface area contributed by atoms with Crippen LogP contribution in [0.3, 0.4) is 0 Å². The summed E-state index contributed by atoms with van der Waals surface area (Å²) in [6.45, 7) is 11.8. The number of hydrogen-bond acceptors (Lipinski definition) is 9. The average Bonchev–Trinajstić information content (AvgIpc) is 3.72. The second kappa shape index (κ2) is 17.1. The lowest BCUT2D eigenvalue weighted by Crippen LogP contribution is -2.44. The number of carbonyl (C=O) groups excluding carboxylic acids is 4. The maximum Gasteiger partial charge on any atom is 0.411 e. The Labute approximate surface area is 294 Å². The van der Waals surface area contributed by atoms with Crippen molar-refractivity contribution in [3.8, 4) is 10.6 Å². The average molecular weight is 716 g/mol. The van der Waals surface area contributed by atoms with Gasteiger partial charge in [0.15, 0.2) is 0 Å². The predicted octanol–water partition coefficient (Wildman–Crippen LogP) is 5.49. The summed E-state index contributed by atoms with van der Waals surface area (Å²) in [6.07, 6.45) is 5.69. The highest BCUT2D eigenvalue weighted by Crippen LogP contribution is 2.37. The number of nitrogens with one attached hydrogen (secondary N) is 3. The molecule has 268 valence electrons. The van der Waals surface area contributed by atoms with Crippen LogP contribution in [0.5, 0.6) is 0 Å². The SMILES string of the molecule is C=CCCCCN(C)C(=O)[C@@H]1C[C@H](OC(=O)Nc2cc(C)ccc2-c2nc(C)cs2)C[C@H]1C(=O)NC(C=C)CCC(=O)NS(=O)(=O)C1CC1.[HH]. The molecule has 1 unspecified atom stereocenters. The Morgan fingerprint density at radius 2 is 1.88 bits per heavy atom. The lowest BCUT2D eigenvalue weighted by Gasteiger charge is -2.25. The maximum atomic E-state index is 13.7. The van der Waals surface area contributed by atoms with E-state index in [9.17, 15) is 27.6 Å². The molecule has 4 atom stereocenters. The molecule has 14 heteroatoms. The maximum absolute atomic E-state index is 13.7. The largest absolute Gasteiger partial charge is 0.446 e. The number of ether oxygens (including phenoxy) is 1. The Balaban J connectivity index is 0.00000676. The minimum Gasteiger partial charge on any atom is -0.446 e. The molecular formula is C35H49N5O7S2. The molecule has 12 nitrogen and oxygen atoms in total. The highest BCUT2D eigenvalue weighted by atomic mass is 32.2. The number of amides is 4. The Morgan fingerprint density at radius 3 is 2.53 bits per heavy atom. The number of aryl methyl sites for hydroxylation is 2. The Kier molecular flexibility index (Phi) is 13.2. The summed E-state index contributed by atoms with van der Waals surface area (Å²) in [5.74, 6) is -2.85. The summed E-state index contributed by atoms with van der Waals surface area (Å²) in [4.78, 5) is 59.1. The van der Waals surface area contributed by atoms with Crippen LogP contribution in [0.4, 0.5) is 10.5 Å². The smallest absolute Gasteiger partial charge is 0.411 e. The summed E-state index contributed by atoms with van der Waals surface area (Å²) < 4.78 is 32.2. The lowest BCUT2D eigenvalue weighted by atomic mass is 9.93. The number of allylic oxidation sites excluding steroid dienone is 1. The van der Waals surface area contributed by atoms with Crippen molar-refractivity contribution < 1.29 is 33.8 Å². The first-order valence-corrected chi connectivity index (χ1v) is 19.1. The third kappa shape index (κ3) is 10.7. The van der Waals surface area contributed by atoms with Crippen LogP contribution in [-0.4, -0.2) is 73.1 Å². The molecule has 0 saturated heterocycles. The molecule has 1 aromatic heterocycles. The Bertz CT molecular complexity index is 1660. The van der Waals surface area contributed by atoms with Gasteiger partial charge in [-0.1, -0.05) is 18.2 Å². The van der Waals surface area contributed by atoms with Crippen molar-refractivity contribution >= 4 is 50.9 Å². The van der Waals surface area contributed by atoms with Crippen LogP contribution in [0.25, 0.3) is 10.6 Å². The molecule has 2 saturated carbocycles. The van der Waals surface area contributed by atoms with E-state index in [1.807, 2.05) is 43.5 Å². The van der Waals surface area contributed by atoms with Gasteiger partial charge in [-0.3, -0.25) is 24.4 Å². The van der Waals surface area contributed by atoms with Crippen LogP contribution in [-0.2, 0) is 29.1 Å². The number of hydrogen-bond donors (Lipinski definition) is 3. The molecule has 4 rings (SSSR count). The van der Waals surface area contributed by atoms with Crippen molar-refractivity contribution in [3.05, 3.63) is 60.1 Å². The zero-order chi connectivity index (χ0) is 35.7. The van der Waals surface area contributed by atoms with E-state index in [0.29, 0.717) is 25.1 Å². The van der Waals surface area contributed by atoms with E-state index in [0.717, 1.165) is 41.1 Å². The highest BCUT2D eigenvalue weighted by molar-refractivity contribution is 7.90. The van der Waals surface area contributed by atoms with Crippen molar-refractivity contribution in [2.45, 2.75) is 89.0 Å². The number of carbonyl (C=O) groups is 4. The summed E-state index contributed by atoms with van der Waals surface area (Å²) in [7, 11) is -1.97. The quantitative estimate of drug-likeness (QED) is 0.143. The molecule has 2 aliphatic rings. The number of anilines is 1. The van der Waals surface area contributed by atoms with Crippen LogP contribution >= 0.6 is 11.3 Å². The van der Waals surface area contributed by atoms with Crippen molar-refractivity contribution in [2.24, 2.45) is 11.8 Å². The number of aromatic nitrogens is 1. The molecule has 0 bridgehead atoms. The van der Waals surface area contributed by atoms with Crippen molar-refractivity contribution in [1.82, 2.24) is 19.9 Å². The zero-order valence-electron chi connectivity index (χ0n) is 28.4. The fourth-order valence-electron chi connectivity index (χ4n) is 5.89. The van der Waals surface area contributed by atoms with Crippen LogP contribution in [0.1, 0.15) is 70.5 Å². The molecule has 0 aliphatic heterocycles. The summed E-state index contributed by atoms with van der Waals surface area (Å²) >= 11 is 1.47. The van der Waals surface area contributed by atoms with E-state index >= 15 is 0 Å². The van der Waals surface area contributed by atoms with Crippen LogP contribution in [0, 0.1) is 25.7 Å².